The van der Waals surface area contributed by atoms with E-state index >= 15 is 0 Å². The molecule has 5 fully saturated rings. The Morgan fingerprint density at radius 2 is 1.64 bits per heavy atom. The molecule has 2 spiro atoms. The van der Waals surface area contributed by atoms with Crippen molar-refractivity contribution in [2.45, 2.75) is 97.8 Å². The molecule has 0 radical (unpaired) electrons. The van der Waals surface area contributed by atoms with E-state index in [1.165, 1.54) is 12.8 Å². The molecule has 0 heterocycles. The zero-order chi connectivity index (χ0) is 15.2. The van der Waals surface area contributed by atoms with E-state index in [1.807, 2.05) is 0 Å². The highest BCUT2D eigenvalue weighted by Gasteiger charge is 2.79. The Labute approximate surface area is 137 Å². The Morgan fingerprint density at radius 3 is 2.45 bits per heavy atom. The smallest absolute Gasteiger partial charge is 0.0199 e. The van der Waals surface area contributed by atoms with Crippen LogP contribution in [0.3, 0.4) is 0 Å². The molecule has 0 aromatic carbocycles. The molecular formula is C22H36. The second kappa shape index (κ2) is 4.15. The lowest BCUT2D eigenvalue weighted by molar-refractivity contribution is -0.122. The van der Waals surface area contributed by atoms with Crippen molar-refractivity contribution in [3.8, 4) is 0 Å². The molecule has 0 heteroatoms. The highest BCUT2D eigenvalue weighted by atomic mass is 14.8. The van der Waals surface area contributed by atoms with Gasteiger partial charge in [0, 0.05) is 0 Å². The summed E-state index contributed by atoms with van der Waals surface area (Å²) in [6.45, 7) is 7.93. The normalized spacial score (nSPS) is 62.6. The average molecular weight is 301 g/mol. The van der Waals surface area contributed by atoms with Crippen molar-refractivity contribution in [3.05, 3.63) is 0 Å². The van der Waals surface area contributed by atoms with Crippen molar-refractivity contribution in [3.63, 3.8) is 0 Å². The molecule has 22 heavy (non-hydrogen) atoms. The van der Waals surface area contributed by atoms with Crippen molar-refractivity contribution in [2.24, 2.45) is 39.4 Å². The maximum absolute atomic E-state index is 2.75. The molecule has 0 nitrogen and oxygen atoms in total. The van der Waals surface area contributed by atoms with Gasteiger partial charge in [0.1, 0.15) is 0 Å². The molecule has 0 amide bonds. The van der Waals surface area contributed by atoms with Gasteiger partial charge in [-0.1, -0.05) is 40.0 Å². The molecule has 7 unspecified atom stereocenters. The predicted molar refractivity (Wildman–Crippen MR) is 92.6 cm³/mol. The third-order valence-corrected chi connectivity index (χ3v) is 10.7. The first-order valence-electron chi connectivity index (χ1n) is 10.5. The molecule has 5 rings (SSSR count). The van der Waals surface area contributed by atoms with Crippen LogP contribution in [0.4, 0.5) is 0 Å². The average Bonchev–Trinajstić information content (AvgIpc) is 3.10. The molecule has 124 valence electrons. The second-order valence-corrected chi connectivity index (χ2v) is 10.5. The highest BCUT2D eigenvalue weighted by Crippen LogP contribution is 2.87. The van der Waals surface area contributed by atoms with Crippen molar-refractivity contribution >= 4 is 0 Å². The molecule has 0 aliphatic heterocycles. The Bertz CT molecular complexity index is 494. The summed E-state index contributed by atoms with van der Waals surface area (Å²) in [6, 6.07) is 0. The van der Waals surface area contributed by atoms with Crippen LogP contribution in [0.5, 0.6) is 0 Å². The lowest BCUT2D eigenvalue weighted by Gasteiger charge is -2.61. The number of hydrogen-bond acceptors (Lipinski definition) is 0. The van der Waals surface area contributed by atoms with E-state index < -0.39 is 0 Å². The highest BCUT2D eigenvalue weighted by molar-refractivity contribution is 5.28. The second-order valence-electron chi connectivity index (χ2n) is 10.5. The van der Waals surface area contributed by atoms with E-state index in [9.17, 15) is 0 Å². The maximum atomic E-state index is 2.75. The van der Waals surface area contributed by atoms with Gasteiger partial charge in [0.05, 0.1) is 0 Å². The summed E-state index contributed by atoms with van der Waals surface area (Å²) < 4.78 is 0. The van der Waals surface area contributed by atoms with Gasteiger partial charge in [-0.05, 0) is 97.2 Å². The van der Waals surface area contributed by atoms with Crippen LogP contribution in [-0.4, -0.2) is 0 Å². The van der Waals surface area contributed by atoms with Gasteiger partial charge in [-0.25, -0.2) is 0 Å². The van der Waals surface area contributed by atoms with Crippen LogP contribution in [0.2, 0.25) is 0 Å². The Morgan fingerprint density at radius 1 is 0.773 bits per heavy atom. The first-order chi connectivity index (χ1) is 10.5. The lowest BCUT2D eigenvalue weighted by atomic mass is 9.44. The largest absolute Gasteiger partial charge is 0.0651 e. The van der Waals surface area contributed by atoms with Gasteiger partial charge < -0.3 is 0 Å². The Hall–Kier alpha value is 0. The first-order valence-corrected chi connectivity index (χ1v) is 10.5. The maximum Gasteiger partial charge on any atom is -0.0199 e. The molecule has 5 aliphatic rings. The first kappa shape index (κ1) is 14.4. The minimum absolute atomic E-state index is 0.670. The van der Waals surface area contributed by atoms with Gasteiger partial charge in [0.2, 0.25) is 0 Å². The number of hydrogen-bond donors (Lipinski definition) is 0. The van der Waals surface area contributed by atoms with E-state index in [0.717, 1.165) is 28.6 Å². The molecule has 5 saturated carbocycles. The fourth-order valence-corrected chi connectivity index (χ4v) is 9.44. The summed E-state index contributed by atoms with van der Waals surface area (Å²) in [7, 11) is 0. The SMILES string of the molecule is CCC1CCC2(C)C3CCC4CCCCC45CC35CCC12C. The topological polar surface area (TPSA) is 0 Å². The number of rotatable bonds is 1. The Balaban J connectivity index is 1.55. The number of fused-ring (bicyclic) bond motifs is 2. The van der Waals surface area contributed by atoms with Gasteiger partial charge in [0.15, 0.2) is 0 Å². The fraction of sp³-hybridized carbons (Fsp3) is 1.00. The summed E-state index contributed by atoms with van der Waals surface area (Å²) in [6.07, 6.45) is 18.8. The van der Waals surface area contributed by atoms with Crippen LogP contribution < -0.4 is 0 Å². The van der Waals surface area contributed by atoms with E-state index in [1.54, 1.807) is 64.2 Å². The van der Waals surface area contributed by atoms with Crippen molar-refractivity contribution in [1.82, 2.24) is 0 Å². The van der Waals surface area contributed by atoms with Gasteiger partial charge in [0.25, 0.3) is 0 Å². The summed E-state index contributed by atoms with van der Waals surface area (Å²) >= 11 is 0. The summed E-state index contributed by atoms with van der Waals surface area (Å²) in [4.78, 5) is 0. The minimum atomic E-state index is 0.670. The summed E-state index contributed by atoms with van der Waals surface area (Å²) in [5.74, 6) is 3.24. The lowest BCUT2D eigenvalue weighted by Crippen LogP contribution is -2.53. The van der Waals surface area contributed by atoms with E-state index in [2.05, 4.69) is 20.8 Å². The minimum Gasteiger partial charge on any atom is -0.0651 e. The quantitative estimate of drug-likeness (QED) is 0.512. The van der Waals surface area contributed by atoms with Crippen LogP contribution in [-0.2, 0) is 0 Å². The van der Waals surface area contributed by atoms with Crippen LogP contribution in [0, 0.1) is 39.4 Å². The van der Waals surface area contributed by atoms with E-state index in [4.69, 9.17) is 0 Å². The van der Waals surface area contributed by atoms with Crippen LogP contribution in [0.25, 0.3) is 0 Å². The van der Waals surface area contributed by atoms with E-state index in [-0.39, 0.29) is 0 Å². The van der Waals surface area contributed by atoms with Crippen LogP contribution >= 0.6 is 0 Å². The van der Waals surface area contributed by atoms with E-state index in [0.29, 0.717) is 10.8 Å². The molecule has 7 atom stereocenters. The van der Waals surface area contributed by atoms with Gasteiger partial charge in [-0.15, -0.1) is 0 Å². The third kappa shape index (κ3) is 1.32. The van der Waals surface area contributed by atoms with Gasteiger partial charge in [-0.2, -0.15) is 0 Å². The van der Waals surface area contributed by atoms with Crippen molar-refractivity contribution in [1.29, 1.82) is 0 Å². The molecule has 5 aliphatic carbocycles. The van der Waals surface area contributed by atoms with Crippen molar-refractivity contribution < 1.29 is 0 Å². The molecular weight excluding hydrogens is 264 g/mol. The van der Waals surface area contributed by atoms with Gasteiger partial charge in [-0.3, -0.25) is 0 Å². The standard InChI is InChI=1S/C22H36/c1-4-16-10-12-20(3)18-9-8-17-7-5-6-11-21(17)15-22(18,21)14-13-19(16,20)2/h16-18H,4-15H2,1-3H3. The zero-order valence-electron chi connectivity index (χ0n) is 15.2. The zero-order valence-corrected chi connectivity index (χ0v) is 15.2. The molecule has 0 N–H and O–H groups in total. The monoisotopic (exact) mass is 300 g/mol. The Kier molecular flexibility index (Phi) is 2.71. The van der Waals surface area contributed by atoms with Crippen LogP contribution in [0.1, 0.15) is 97.8 Å². The molecule has 0 saturated heterocycles. The van der Waals surface area contributed by atoms with Crippen LogP contribution in [0.15, 0.2) is 0 Å². The van der Waals surface area contributed by atoms with Gasteiger partial charge >= 0.3 is 0 Å². The molecule has 0 bridgehead atoms. The molecule has 0 aromatic heterocycles. The summed E-state index contributed by atoms with van der Waals surface area (Å²) in [5.41, 5.74) is 3.02. The predicted octanol–water partition coefficient (Wildman–Crippen LogP) is 6.59. The third-order valence-electron chi connectivity index (χ3n) is 10.7. The fourth-order valence-electron chi connectivity index (χ4n) is 9.44. The summed E-state index contributed by atoms with van der Waals surface area (Å²) in [5, 5.41) is 0. The van der Waals surface area contributed by atoms with Crippen molar-refractivity contribution in [2.75, 3.05) is 0 Å². The molecule has 0 aromatic rings.